The number of aryl methyl sites for hydroxylation is 1. The van der Waals surface area contributed by atoms with E-state index in [1.54, 1.807) is 6.07 Å². The van der Waals surface area contributed by atoms with E-state index in [1.165, 1.54) is 13.2 Å². The average Bonchev–Trinajstić information content (AvgIpc) is 2.90. The second kappa shape index (κ2) is 5.64. The van der Waals surface area contributed by atoms with E-state index in [4.69, 9.17) is 19.1 Å². The van der Waals surface area contributed by atoms with Crippen LogP contribution in [0.2, 0.25) is 0 Å². The molecule has 0 unspecified atom stereocenters. The number of ether oxygens (including phenoxy) is 2. The van der Waals surface area contributed by atoms with Gasteiger partial charge >= 0.3 is 5.97 Å². The summed E-state index contributed by atoms with van der Waals surface area (Å²) in [6, 6.07) is 4.93. The first kappa shape index (κ1) is 13.9. The Morgan fingerprint density at radius 3 is 2.65 bits per heavy atom. The smallest absolute Gasteiger partial charge is 0.374 e. The van der Waals surface area contributed by atoms with E-state index in [1.807, 2.05) is 19.9 Å². The summed E-state index contributed by atoms with van der Waals surface area (Å²) in [4.78, 5) is 10.8. The number of benzene rings is 1. The number of hydrogen-bond acceptors (Lipinski definition) is 5. The van der Waals surface area contributed by atoms with E-state index in [0.717, 1.165) is 5.56 Å². The minimum Gasteiger partial charge on any atom is -0.496 e. The van der Waals surface area contributed by atoms with E-state index < -0.39 is 5.97 Å². The fourth-order valence-electron chi connectivity index (χ4n) is 1.84. The number of carbonyl (C=O) groups is 1. The largest absolute Gasteiger partial charge is 0.496 e. The number of aromatic carboxylic acids is 1. The molecule has 0 amide bonds. The highest BCUT2D eigenvalue weighted by atomic mass is 16.5. The molecule has 2 aromatic rings. The van der Waals surface area contributed by atoms with Crippen LogP contribution in [-0.2, 0) is 0 Å². The third-order valence-corrected chi connectivity index (χ3v) is 2.79. The van der Waals surface area contributed by atoms with Gasteiger partial charge in [-0.3, -0.25) is 0 Å². The molecule has 0 aliphatic carbocycles. The monoisotopic (exact) mass is 277 g/mol. The molecule has 2 rings (SSSR count). The summed E-state index contributed by atoms with van der Waals surface area (Å²) >= 11 is 0. The lowest BCUT2D eigenvalue weighted by Gasteiger charge is -2.12. The van der Waals surface area contributed by atoms with E-state index in [9.17, 15) is 4.79 Å². The molecule has 6 heteroatoms. The van der Waals surface area contributed by atoms with Crippen molar-refractivity contribution in [3.05, 3.63) is 29.5 Å². The van der Waals surface area contributed by atoms with Gasteiger partial charge in [0.2, 0.25) is 5.76 Å². The first-order valence-corrected chi connectivity index (χ1v) is 6.08. The zero-order valence-electron chi connectivity index (χ0n) is 11.5. The van der Waals surface area contributed by atoms with Gasteiger partial charge in [-0.25, -0.2) is 4.79 Å². The summed E-state index contributed by atoms with van der Waals surface area (Å²) in [7, 11) is 1.54. The predicted molar refractivity (Wildman–Crippen MR) is 71.4 cm³/mol. The zero-order valence-corrected chi connectivity index (χ0v) is 11.5. The van der Waals surface area contributed by atoms with Crippen molar-refractivity contribution in [2.45, 2.75) is 13.8 Å². The topological polar surface area (TPSA) is 81.8 Å². The molecule has 0 saturated carbocycles. The molecule has 0 radical (unpaired) electrons. The Hall–Kier alpha value is -2.50. The lowest BCUT2D eigenvalue weighted by molar-refractivity contribution is 0.0652. The highest BCUT2D eigenvalue weighted by Crippen LogP contribution is 2.35. The van der Waals surface area contributed by atoms with Gasteiger partial charge in [-0.05, 0) is 31.5 Å². The normalized spacial score (nSPS) is 10.3. The third-order valence-electron chi connectivity index (χ3n) is 2.79. The molecule has 0 fully saturated rings. The van der Waals surface area contributed by atoms with Gasteiger partial charge in [0.1, 0.15) is 17.2 Å². The third kappa shape index (κ3) is 2.59. The van der Waals surface area contributed by atoms with Crippen LogP contribution in [-0.4, -0.2) is 29.9 Å². The van der Waals surface area contributed by atoms with Gasteiger partial charge < -0.3 is 19.1 Å². The first-order valence-electron chi connectivity index (χ1n) is 6.08. The van der Waals surface area contributed by atoms with Gasteiger partial charge in [-0.2, -0.15) is 0 Å². The molecular weight excluding hydrogens is 262 g/mol. The summed E-state index contributed by atoms with van der Waals surface area (Å²) in [5.74, 6) is -0.111. The lowest BCUT2D eigenvalue weighted by atomic mass is 10.1. The Bertz CT molecular complexity index is 632. The maximum atomic E-state index is 10.8. The molecule has 20 heavy (non-hydrogen) atoms. The molecule has 0 saturated heterocycles. The summed E-state index contributed by atoms with van der Waals surface area (Å²) in [5.41, 5.74) is 1.94. The Balaban J connectivity index is 2.52. The van der Waals surface area contributed by atoms with Crippen LogP contribution in [0.4, 0.5) is 0 Å². The van der Waals surface area contributed by atoms with Crippen molar-refractivity contribution in [1.29, 1.82) is 0 Å². The van der Waals surface area contributed by atoms with Crippen molar-refractivity contribution in [3.63, 3.8) is 0 Å². The molecule has 1 aromatic heterocycles. The van der Waals surface area contributed by atoms with Crippen LogP contribution in [0, 0.1) is 6.92 Å². The van der Waals surface area contributed by atoms with Crippen LogP contribution < -0.4 is 9.47 Å². The Morgan fingerprint density at radius 1 is 1.35 bits per heavy atom. The Morgan fingerprint density at radius 2 is 2.10 bits per heavy atom. The van der Waals surface area contributed by atoms with Crippen molar-refractivity contribution in [3.8, 4) is 22.8 Å². The molecular formula is C14H15NO5. The molecule has 1 aromatic carbocycles. The van der Waals surface area contributed by atoms with E-state index in [-0.39, 0.29) is 5.76 Å². The summed E-state index contributed by atoms with van der Waals surface area (Å²) in [5, 5.41) is 12.6. The summed E-state index contributed by atoms with van der Waals surface area (Å²) in [6.45, 7) is 4.33. The standard InChI is InChI=1S/C14H15NO5/c1-4-19-11-6-9(12(18-3)5-8(11)2)10-7-13(14(16)17)20-15-10/h5-7H,4H2,1-3H3,(H,16,17). The summed E-state index contributed by atoms with van der Waals surface area (Å²) < 4.78 is 15.6. The van der Waals surface area contributed by atoms with Crippen LogP contribution in [0.3, 0.4) is 0 Å². The minimum absolute atomic E-state index is 0.222. The maximum Gasteiger partial charge on any atom is 0.374 e. The van der Waals surface area contributed by atoms with Crippen molar-refractivity contribution in [2.24, 2.45) is 0 Å². The number of hydrogen-bond donors (Lipinski definition) is 1. The van der Waals surface area contributed by atoms with E-state index in [0.29, 0.717) is 29.4 Å². The highest BCUT2D eigenvalue weighted by Gasteiger charge is 2.17. The van der Waals surface area contributed by atoms with Crippen LogP contribution in [0.15, 0.2) is 22.7 Å². The first-order chi connectivity index (χ1) is 9.56. The van der Waals surface area contributed by atoms with E-state index >= 15 is 0 Å². The molecule has 0 aliphatic rings. The van der Waals surface area contributed by atoms with Crippen LogP contribution in [0.1, 0.15) is 23.0 Å². The number of carboxylic acid groups (broad SMARTS) is 1. The molecule has 1 N–H and O–H groups in total. The van der Waals surface area contributed by atoms with Gasteiger partial charge in [-0.1, -0.05) is 5.16 Å². The van der Waals surface area contributed by atoms with Crippen LogP contribution in [0.25, 0.3) is 11.3 Å². The molecule has 106 valence electrons. The average molecular weight is 277 g/mol. The van der Waals surface area contributed by atoms with E-state index in [2.05, 4.69) is 5.16 Å². The summed E-state index contributed by atoms with van der Waals surface area (Å²) in [6.07, 6.45) is 0. The number of rotatable bonds is 5. The molecule has 6 nitrogen and oxygen atoms in total. The number of carboxylic acids is 1. The molecule has 0 spiro atoms. The number of nitrogens with zero attached hydrogens (tertiary/aromatic N) is 1. The van der Waals surface area contributed by atoms with Gasteiger partial charge in [0.25, 0.3) is 0 Å². The SMILES string of the molecule is CCOc1cc(-c2cc(C(=O)O)on2)c(OC)cc1C. The van der Waals surface area contributed by atoms with Gasteiger partial charge in [0.15, 0.2) is 0 Å². The fourth-order valence-corrected chi connectivity index (χ4v) is 1.84. The van der Waals surface area contributed by atoms with Gasteiger partial charge in [-0.15, -0.1) is 0 Å². The number of methoxy groups -OCH3 is 1. The lowest BCUT2D eigenvalue weighted by Crippen LogP contribution is -1.97. The van der Waals surface area contributed by atoms with Crippen LogP contribution in [0.5, 0.6) is 11.5 Å². The molecule has 1 heterocycles. The predicted octanol–water partition coefficient (Wildman–Crippen LogP) is 2.76. The zero-order chi connectivity index (χ0) is 14.7. The minimum atomic E-state index is -1.17. The molecule has 0 aliphatic heterocycles. The number of aromatic nitrogens is 1. The van der Waals surface area contributed by atoms with Gasteiger partial charge in [0.05, 0.1) is 13.7 Å². The van der Waals surface area contributed by atoms with Crippen molar-refractivity contribution >= 4 is 5.97 Å². The van der Waals surface area contributed by atoms with Crippen molar-refractivity contribution in [1.82, 2.24) is 5.16 Å². The second-order valence-electron chi connectivity index (χ2n) is 4.13. The highest BCUT2D eigenvalue weighted by molar-refractivity contribution is 5.86. The Kier molecular flexibility index (Phi) is 3.93. The van der Waals surface area contributed by atoms with Crippen LogP contribution >= 0.6 is 0 Å². The second-order valence-corrected chi connectivity index (χ2v) is 4.13. The quantitative estimate of drug-likeness (QED) is 0.904. The fraction of sp³-hybridized carbons (Fsp3) is 0.286. The Labute approximate surface area is 115 Å². The van der Waals surface area contributed by atoms with Crippen molar-refractivity contribution < 1.29 is 23.9 Å². The molecule has 0 bridgehead atoms. The van der Waals surface area contributed by atoms with Crippen molar-refractivity contribution in [2.75, 3.05) is 13.7 Å². The maximum absolute atomic E-state index is 10.8. The molecule has 0 atom stereocenters. The van der Waals surface area contributed by atoms with Gasteiger partial charge in [0, 0.05) is 11.6 Å².